The predicted molar refractivity (Wildman–Crippen MR) is 87.1 cm³/mol. The van der Waals surface area contributed by atoms with E-state index in [-0.39, 0.29) is 0 Å². The second-order valence-corrected chi connectivity index (χ2v) is 6.51. The van der Waals surface area contributed by atoms with Crippen molar-refractivity contribution < 1.29 is 0 Å². The van der Waals surface area contributed by atoms with Crippen LogP contribution in [0.25, 0.3) is 10.1 Å². The molecule has 2 aromatic rings. The van der Waals surface area contributed by atoms with Gasteiger partial charge in [-0.1, -0.05) is 39.0 Å². The normalized spacial score (nSPS) is 13.3. The van der Waals surface area contributed by atoms with Gasteiger partial charge in [0.2, 0.25) is 0 Å². The first-order valence-electron chi connectivity index (χ1n) is 7.41. The van der Waals surface area contributed by atoms with Crippen LogP contribution >= 0.6 is 11.3 Å². The number of thiophene rings is 1. The molecular weight excluding hydrogens is 250 g/mol. The number of aryl methyl sites for hydroxylation is 1. The standard InChI is InChI=1S/C17H25NS/c1-4-11-18-16(13(2)3)10-9-14-12-19-17-8-6-5-7-15(14)17/h5-8,12-13,16,18H,4,9-11H2,1-3H3. The molecule has 0 fully saturated rings. The average Bonchev–Trinajstić information content (AvgIpc) is 2.82. The van der Waals surface area contributed by atoms with Crippen LogP contribution in [0, 0.1) is 5.92 Å². The van der Waals surface area contributed by atoms with Crippen LogP contribution in [-0.2, 0) is 6.42 Å². The first kappa shape index (κ1) is 14.5. The van der Waals surface area contributed by atoms with Crippen molar-refractivity contribution >= 4 is 21.4 Å². The maximum absolute atomic E-state index is 3.68. The van der Waals surface area contributed by atoms with E-state index >= 15 is 0 Å². The lowest BCUT2D eigenvalue weighted by molar-refractivity contribution is 0.378. The van der Waals surface area contributed by atoms with E-state index in [0.29, 0.717) is 12.0 Å². The van der Waals surface area contributed by atoms with E-state index in [2.05, 4.69) is 55.7 Å². The van der Waals surface area contributed by atoms with Crippen LogP contribution in [0.5, 0.6) is 0 Å². The maximum atomic E-state index is 3.68. The number of benzene rings is 1. The molecule has 19 heavy (non-hydrogen) atoms. The summed E-state index contributed by atoms with van der Waals surface area (Å²) in [6.45, 7) is 8.00. The van der Waals surface area contributed by atoms with Crippen LogP contribution in [0.15, 0.2) is 29.6 Å². The molecule has 0 aliphatic rings. The summed E-state index contributed by atoms with van der Waals surface area (Å²) < 4.78 is 1.42. The summed E-state index contributed by atoms with van der Waals surface area (Å²) in [6.07, 6.45) is 3.63. The van der Waals surface area contributed by atoms with Gasteiger partial charge < -0.3 is 5.32 Å². The lowest BCUT2D eigenvalue weighted by atomic mass is 9.96. The summed E-state index contributed by atoms with van der Waals surface area (Å²) in [6, 6.07) is 9.39. The van der Waals surface area contributed by atoms with Crippen molar-refractivity contribution in [1.82, 2.24) is 5.32 Å². The zero-order chi connectivity index (χ0) is 13.7. The molecule has 0 radical (unpaired) electrons. The van der Waals surface area contributed by atoms with E-state index < -0.39 is 0 Å². The van der Waals surface area contributed by atoms with Gasteiger partial charge in [0.25, 0.3) is 0 Å². The van der Waals surface area contributed by atoms with Crippen molar-refractivity contribution in [3.63, 3.8) is 0 Å². The predicted octanol–water partition coefficient (Wildman–Crippen LogP) is 4.86. The number of nitrogens with one attached hydrogen (secondary N) is 1. The molecule has 1 unspecified atom stereocenters. The molecule has 0 saturated heterocycles. The Morgan fingerprint density at radius 2 is 2.00 bits per heavy atom. The zero-order valence-corrected chi connectivity index (χ0v) is 13.1. The summed E-state index contributed by atoms with van der Waals surface area (Å²) in [5, 5.41) is 7.47. The maximum Gasteiger partial charge on any atom is 0.0345 e. The van der Waals surface area contributed by atoms with Crippen LogP contribution in [0.3, 0.4) is 0 Å². The second-order valence-electron chi connectivity index (χ2n) is 5.60. The molecule has 0 aliphatic carbocycles. The smallest absolute Gasteiger partial charge is 0.0345 e. The van der Waals surface area contributed by atoms with Gasteiger partial charge in [-0.25, -0.2) is 0 Å². The highest BCUT2D eigenvalue weighted by Gasteiger charge is 2.13. The summed E-state index contributed by atoms with van der Waals surface area (Å²) in [7, 11) is 0. The number of rotatable bonds is 7. The fourth-order valence-electron chi connectivity index (χ4n) is 2.54. The van der Waals surface area contributed by atoms with Crippen LogP contribution in [0.2, 0.25) is 0 Å². The Bertz CT molecular complexity index is 501. The molecule has 0 spiro atoms. The molecule has 2 rings (SSSR count). The van der Waals surface area contributed by atoms with Crippen molar-refractivity contribution in [2.75, 3.05) is 6.54 Å². The Balaban J connectivity index is 2.00. The third kappa shape index (κ3) is 3.80. The van der Waals surface area contributed by atoms with E-state index in [4.69, 9.17) is 0 Å². The highest BCUT2D eigenvalue weighted by molar-refractivity contribution is 7.17. The lowest BCUT2D eigenvalue weighted by Gasteiger charge is -2.22. The van der Waals surface area contributed by atoms with Crippen molar-refractivity contribution in [3.05, 3.63) is 35.2 Å². The van der Waals surface area contributed by atoms with Crippen molar-refractivity contribution in [2.24, 2.45) is 5.92 Å². The summed E-state index contributed by atoms with van der Waals surface area (Å²) in [5.74, 6) is 0.705. The monoisotopic (exact) mass is 275 g/mol. The SMILES string of the molecule is CCCNC(CCc1csc2ccccc12)C(C)C. The third-order valence-electron chi connectivity index (χ3n) is 3.75. The number of hydrogen-bond acceptors (Lipinski definition) is 2. The Kier molecular flexibility index (Phi) is 5.41. The van der Waals surface area contributed by atoms with Gasteiger partial charge >= 0.3 is 0 Å². The first-order valence-corrected chi connectivity index (χ1v) is 8.28. The quantitative estimate of drug-likeness (QED) is 0.761. The Morgan fingerprint density at radius 1 is 1.21 bits per heavy atom. The van der Waals surface area contributed by atoms with Crippen LogP contribution in [-0.4, -0.2) is 12.6 Å². The Hall–Kier alpha value is -0.860. The highest BCUT2D eigenvalue weighted by Crippen LogP contribution is 2.27. The van der Waals surface area contributed by atoms with Gasteiger partial charge in [-0.15, -0.1) is 11.3 Å². The molecule has 1 heterocycles. The summed E-state index contributed by atoms with van der Waals surface area (Å²) in [4.78, 5) is 0. The first-order chi connectivity index (χ1) is 9.22. The third-order valence-corrected chi connectivity index (χ3v) is 4.76. The molecule has 0 bridgehead atoms. The highest BCUT2D eigenvalue weighted by atomic mass is 32.1. The number of hydrogen-bond donors (Lipinski definition) is 1. The van der Waals surface area contributed by atoms with E-state index in [9.17, 15) is 0 Å². The Morgan fingerprint density at radius 3 is 2.74 bits per heavy atom. The molecule has 0 amide bonds. The molecule has 1 aromatic carbocycles. The zero-order valence-electron chi connectivity index (χ0n) is 12.3. The molecule has 1 nitrogen and oxygen atoms in total. The fourth-order valence-corrected chi connectivity index (χ4v) is 3.54. The molecule has 104 valence electrons. The molecule has 0 saturated carbocycles. The van der Waals surface area contributed by atoms with Crippen LogP contribution in [0.1, 0.15) is 39.2 Å². The Labute approximate surface area is 121 Å². The van der Waals surface area contributed by atoms with Crippen LogP contribution in [0.4, 0.5) is 0 Å². The van der Waals surface area contributed by atoms with E-state index in [1.807, 2.05) is 11.3 Å². The average molecular weight is 275 g/mol. The second kappa shape index (κ2) is 7.06. The fraction of sp³-hybridized carbons (Fsp3) is 0.529. The molecule has 0 aliphatic heterocycles. The van der Waals surface area contributed by atoms with Gasteiger partial charge in [-0.3, -0.25) is 0 Å². The van der Waals surface area contributed by atoms with Gasteiger partial charge in [0.15, 0.2) is 0 Å². The lowest BCUT2D eigenvalue weighted by Crippen LogP contribution is -2.34. The van der Waals surface area contributed by atoms with Gasteiger partial charge in [0.1, 0.15) is 0 Å². The molecular formula is C17H25NS. The van der Waals surface area contributed by atoms with Crippen LogP contribution < -0.4 is 5.32 Å². The molecule has 1 aromatic heterocycles. The minimum absolute atomic E-state index is 0.638. The minimum atomic E-state index is 0.638. The molecule has 1 atom stereocenters. The molecule has 2 heteroatoms. The summed E-state index contributed by atoms with van der Waals surface area (Å²) in [5.41, 5.74) is 1.52. The van der Waals surface area contributed by atoms with E-state index in [0.717, 1.165) is 6.54 Å². The van der Waals surface area contributed by atoms with Gasteiger partial charge in [-0.2, -0.15) is 0 Å². The van der Waals surface area contributed by atoms with E-state index in [1.165, 1.54) is 34.9 Å². The van der Waals surface area contributed by atoms with Gasteiger partial charge in [0.05, 0.1) is 0 Å². The van der Waals surface area contributed by atoms with Gasteiger partial charge in [-0.05, 0) is 54.1 Å². The number of fused-ring (bicyclic) bond motifs is 1. The summed E-state index contributed by atoms with van der Waals surface area (Å²) >= 11 is 1.87. The van der Waals surface area contributed by atoms with Crippen molar-refractivity contribution in [3.8, 4) is 0 Å². The largest absolute Gasteiger partial charge is 0.314 e. The van der Waals surface area contributed by atoms with Crippen molar-refractivity contribution in [1.29, 1.82) is 0 Å². The van der Waals surface area contributed by atoms with E-state index in [1.54, 1.807) is 0 Å². The topological polar surface area (TPSA) is 12.0 Å². The minimum Gasteiger partial charge on any atom is -0.314 e. The van der Waals surface area contributed by atoms with Crippen molar-refractivity contribution in [2.45, 2.75) is 46.1 Å². The van der Waals surface area contributed by atoms with Gasteiger partial charge in [0, 0.05) is 10.7 Å². The molecule has 1 N–H and O–H groups in total.